The van der Waals surface area contributed by atoms with Crippen molar-refractivity contribution >= 4 is 28.7 Å². The minimum Gasteiger partial charge on any atom is -0.378 e. The molecule has 4 heterocycles. The number of para-hydroxylation sites is 2. The van der Waals surface area contributed by atoms with Crippen molar-refractivity contribution in [2.75, 3.05) is 49.6 Å². The number of anilines is 2. The molecule has 1 aromatic carbocycles. The van der Waals surface area contributed by atoms with Gasteiger partial charge < -0.3 is 25.6 Å². The molecule has 0 aliphatic carbocycles. The Labute approximate surface area is 207 Å². The van der Waals surface area contributed by atoms with Gasteiger partial charge in [-0.3, -0.25) is 9.36 Å². The predicted molar refractivity (Wildman–Crippen MR) is 132 cm³/mol. The van der Waals surface area contributed by atoms with Crippen LogP contribution in [-0.2, 0) is 9.53 Å². The molecule has 2 saturated heterocycles. The Morgan fingerprint density at radius 2 is 1.78 bits per heavy atom. The standard InChI is InChI=1S/C24H30F2N8O2/c1-15(23(35)33-8-6-16(27)7-9-33)28-24-30-19(32-10-12-36-13-11-32)14-20(31-24)34-18-5-3-2-4-17(18)29-22(34)21(25)26/h2-5,14-16,21H,6-13,27H2,1H3,(H,28,30,31)/t15-/m0/s1. The van der Waals surface area contributed by atoms with Gasteiger partial charge in [-0.2, -0.15) is 9.97 Å². The Kier molecular flexibility index (Phi) is 6.97. The Morgan fingerprint density at radius 1 is 1.08 bits per heavy atom. The molecule has 12 heteroatoms. The summed E-state index contributed by atoms with van der Waals surface area (Å²) in [6.45, 7) is 5.22. The fraction of sp³-hybridized carbons (Fsp3) is 0.500. The van der Waals surface area contributed by atoms with Gasteiger partial charge >= 0.3 is 0 Å². The lowest BCUT2D eigenvalue weighted by atomic mass is 10.1. The van der Waals surface area contributed by atoms with Crippen LogP contribution >= 0.6 is 0 Å². The normalized spacial score (nSPS) is 18.1. The van der Waals surface area contributed by atoms with Crippen LogP contribution < -0.4 is 16.0 Å². The number of amides is 1. The SMILES string of the molecule is C[C@H](Nc1nc(N2CCOCC2)cc(-n2c(C(F)F)nc3ccccc32)n1)C(=O)N1CCC(N)CC1. The number of morpholine rings is 1. The highest BCUT2D eigenvalue weighted by Gasteiger charge is 2.27. The first kappa shape index (κ1) is 24.3. The Bertz CT molecular complexity index is 1220. The van der Waals surface area contributed by atoms with E-state index in [-0.39, 0.29) is 23.7 Å². The molecule has 0 unspecified atom stereocenters. The summed E-state index contributed by atoms with van der Waals surface area (Å²) in [7, 11) is 0. The molecule has 5 rings (SSSR count). The molecule has 1 atom stereocenters. The number of nitrogens with two attached hydrogens (primary N) is 1. The zero-order valence-electron chi connectivity index (χ0n) is 20.1. The van der Waals surface area contributed by atoms with Crippen LogP contribution in [0.15, 0.2) is 30.3 Å². The van der Waals surface area contributed by atoms with Gasteiger partial charge in [0.05, 0.1) is 24.2 Å². The minimum absolute atomic E-state index is 0.0785. The van der Waals surface area contributed by atoms with Crippen LogP contribution in [0, 0.1) is 0 Å². The molecule has 0 spiro atoms. The number of carbonyl (C=O) groups excluding carboxylic acids is 1. The molecule has 0 radical (unpaired) electrons. The third-order valence-corrected chi connectivity index (χ3v) is 6.61. The second-order valence-corrected chi connectivity index (χ2v) is 9.13. The molecule has 1 amide bonds. The van der Waals surface area contributed by atoms with E-state index in [2.05, 4.69) is 20.3 Å². The summed E-state index contributed by atoms with van der Waals surface area (Å²) in [6.07, 6.45) is -1.28. The lowest BCUT2D eigenvalue weighted by molar-refractivity contribution is -0.132. The second kappa shape index (κ2) is 10.3. The van der Waals surface area contributed by atoms with Crippen molar-refractivity contribution in [2.45, 2.75) is 38.3 Å². The van der Waals surface area contributed by atoms with Crippen molar-refractivity contribution in [3.63, 3.8) is 0 Å². The number of hydrogen-bond acceptors (Lipinski definition) is 8. The monoisotopic (exact) mass is 500 g/mol. The number of alkyl halides is 2. The summed E-state index contributed by atoms with van der Waals surface area (Å²) in [5.41, 5.74) is 6.93. The zero-order chi connectivity index (χ0) is 25.2. The first-order valence-electron chi connectivity index (χ1n) is 12.2. The number of likely N-dealkylation sites (tertiary alicyclic amines) is 1. The fourth-order valence-corrected chi connectivity index (χ4v) is 4.64. The van der Waals surface area contributed by atoms with E-state index in [1.807, 2.05) is 4.90 Å². The lowest BCUT2D eigenvalue weighted by Gasteiger charge is -2.32. The van der Waals surface area contributed by atoms with E-state index >= 15 is 0 Å². The zero-order valence-corrected chi connectivity index (χ0v) is 20.1. The van der Waals surface area contributed by atoms with Gasteiger partial charge in [-0.15, -0.1) is 0 Å². The molecule has 2 aliphatic heterocycles. The molecule has 36 heavy (non-hydrogen) atoms. The summed E-state index contributed by atoms with van der Waals surface area (Å²) in [5.74, 6) is 0.517. The number of carbonyl (C=O) groups is 1. The fourth-order valence-electron chi connectivity index (χ4n) is 4.64. The van der Waals surface area contributed by atoms with Gasteiger partial charge in [0.25, 0.3) is 6.43 Å². The number of fused-ring (bicyclic) bond motifs is 1. The maximum atomic E-state index is 14.0. The molecule has 0 saturated carbocycles. The summed E-state index contributed by atoms with van der Waals surface area (Å²) in [5, 5.41) is 3.10. The minimum atomic E-state index is -2.80. The number of hydrogen-bond donors (Lipinski definition) is 2. The highest BCUT2D eigenvalue weighted by molar-refractivity contribution is 5.84. The van der Waals surface area contributed by atoms with Crippen molar-refractivity contribution < 1.29 is 18.3 Å². The van der Waals surface area contributed by atoms with Crippen LogP contribution in [0.25, 0.3) is 16.9 Å². The average Bonchev–Trinajstić information content (AvgIpc) is 3.29. The molecule has 192 valence electrons. The molecule has 2 fully saturated rings. The van der Waals surface area contributed by atoms with Gasteiger partial charge in [0, 0.05) is 38.3 Å². The summed E-state index contributed by atoms with van der Waals surface area (Å²) in [6, 6.07) is 8.11. The molecular weight excluding hydrogens is 470 g/mol. The van der Waals surface area contributed by atoms with Gasteiger partial charge in [0.15, 0.2) is 5.82 Å². The van der Waals surface area contributed by atoms with E-state index in [4.69, 9.17) is 10.5 Å². The van der Waals surface area contributed by atoms with Gasteiger partial charge in [0.2, 0.25) is 11.9 Å². The van der Waals surface area contributed by atoms with E-state index in [1.54, 1.807) is 42.2 Å². The largest absolute Gasteiger partial charge is 0.378 e. The van der Waals surface area contributed by atoms with E-state index in [0.29, 0.717) is 56.2 Å². The number of nitrogens with one attached hydrogen (secondary N) is 1. The number of halogens is 2. The van der Waals surface area contributed by atoms with E-state index < -0.39 is 18.3 Å². The molecule has 3 aromatic rings. The molecule has 3 N–H and O–H groups in total. The van der Waals surface area contributed by atoms with E-state index in [0.717, 1.165) is 12.8 Å². The number of aromatic nitrogens is 4. The molecule has 2 aromatic heterocycles. The highest BCUT2D eigenvalue weighted by atomic mass is 19.3. The van der Waals surface area contributed by atoms with Crippen LogP contribution in [0.1, 0.15) is 32.0 Å². The van der Waals surface area contributed by atoms with Crippen LogP contribution in [0.5, 0.6) is 0 Å². The number of ether oxygens (including phenoxy) is 1. The van der Waals surface area contributed by atoms with Crippen molar-refractivity contribution in [1.29, 1.82) is 0 Å². The van der Waals surface area contributed by atoms with E-state index in [9.17, 15) is 13.6 Å². The Hall–Kier alpha value is -3.38. The summed E-state index contributed by atoms with van der Waals surface area (Å²) < 4.78 is 34.9. The van der Waals surface area contributed by atoms with E-state index in [1.165, 1.54) is 4.57 Å². The van der Waals surface area contributed by atoms with Crippen LogP contribution in [0.3, 0.4) is 0 Å². The average molecular weight is 501 g/mol. The quantitative estimate of drug-likeness (QED) is 0.530. The highest BCUT2D eigenvalue weighted by Crippen LogP contribution is 2.29. The van der Waals surface area contributed by atoms with Gasteiger partial charge in [0.1, 0.15) is 17.7 Å². The maximum Gasteiger partial charge on any atom is 0.296 e. The van der Waals surface area contributed by atoms with Crippen molar-refractivity contribution in [2.24, 2.45) is 5.73 Å². The summed E-state index contributed by atoms with van der Waals surface area (Å²) in [4.78, 5) is 30.2. The van der Waals surface area contributed by atoms with Crippen molar-refractivity contribution in [3.05, 3.63) is 36.2 Å². The van der Waals surface area contributed by atoms with Gasteiger partial charge in [-0.05, 0) is 31.9 Å². The lowest BCUT2D eigenvalue weighted by Crippen LogP contribution is -2.48. The molecule has 2 aliphatic rings. The first-order chi connectivity index (χ1) is 17.4. The number of piperidine rings is 1. The molecule has 10 nitrogen and oxygen atoms in total. The Balaban J connectivity index is 1.52. The molecule has 0 bridgehead atoms. The first-order valence-corrected chi connectivity index (χ1v) is 12.2. The Morgan fingerprint density at radius 3 is 2.50 bits per heavy atom. The molecular formula is C24H30F2N8O2. The van der Waals surface area contributed by atoms with Crippen LogP contribution in [0.2, 0.25) is 0 Å². The summed E-state index contributed by atoms with van der Waals surface area (Å²) >= 11 is 0. The third kappa shape index (κ3) is 4.96. The predicted octanol–water partition coefficient (Wildman–Crippen LogP) is 2.34. The van der Waals surface area contributed by atoms with Crippen LogP contribution in [-0.4, -0.2) is 81.8 Å². The van der Waals surface area contributed by atoms with Crippen molar-refractivity contribution in [1.82, 2.24) is 24.4 Å². The topological polar surface area (TPSA) is 114 Å². The third-order valence-electron chi connectivity index (χ3n) is 6.61. The van der Waals surface area contributed by atoms with Gasteiger partial charge in [-0.25, -0.2) is 13.8 Å². The number of rotatable bonds is 6. The second-order valence-electron chi connectivity index (χ2n) is 9.13. The number of benzene rings is 1. The van der Waals surface area contributed by atoms with Crippen molar-refractivity contribution in [3.8, 4) is 5.82 Å². The maximum absolute atomic E-state index is 14.0. The van der Waals surface area contributed by atoms with Crippen LogP contribution in [0.4, 0.5) is 20.5 Å². The smallest absolute Gasteiger partial charge is 0.296 e. The number of nitrogens with zero attached hydrogens (tertiary/aromatic N) is 6. The number of imidazole rings is 1. The van der Waals surface area contributed by atoms with Gasteiger partial charge in [-0.1, -0.05) is 12.1 Å².